The van der Waals surface area contributed by atoms with Crippen molar-refractivity contribution in [1.29, 1.82) is 0 Å². The topological polar surface area (TPSA) is 32.6 Å². The van der Waals surface area contributed by atoms with Gasteiger partial charge in [-0.3, -0.25) is 0 Å². The summed E-state index contributed by atoms with van der Waals surface area (Å²) in [6, 6.07) is 4.86. The van der Waals surface area contributed by atoms with Gasteiger partial charge in [0, 0.05) is 5.56 Å². The van der Waals surface area contributed by atoms with Crippen molar-refractivity contribution in [1.82, 2.24) is 0 Å². The van der Waals surface area contributed by atoms with E-state index in [1.54, 1.807) is 0 Å². The second-order valence-electron chi connectivity index (χ2n) is 2.33. The van der Waals surface area contributed by atoms with Gasteiger partial charge in [-0.15, -0.1) is 0 Å². The van der Waals surface area contributed by atoms with Crippen LogP contribution in [0.1, 0.15) is 11.1 Å². The van der Waals surface area contributed by atoms with Crippen LogP contribution in [0.25, 0.3) is 0 Å². The van der Waals surface area contributed by atoms with E-state index in [2.05, 4.69) is 5.16 Å². The summed E-state index contributed by atoms with van der Waals surface area (Å²) in [7, 11) is 0. The number of hydrogen-bond acceptors (Lipinski definition) is 2. The molecule has 1 aromatic rings. The minimum absolute atomic E-state index is 0. The molecule has 1 rings (SSSR count). The van der Waals surface area contributed by atoms with Crippen molar-refractivity contribution >= 4 is 6.21 Å². The van der Waals surface area contributed by atoms with E-state index in [0.717, 1.165) is 12.3 Å². The van der Waals surface area contributed by atoms with Crippen molar-refractivity contribution < 1.29 is 47.9 Å². The summed E-state index contributed by atoms with van der Waals surface area (Å²) >= 11 is 0. The number of halogens is 3. The molecule has 0 aliphatic carbocycles. The van der Waals surface area contributed by atoms with E-state index in [-0.39, 0.29) is 35.1 Å². The zero-order chi connectivity index (χ0) is 9.90. The third-order valence-electron chi connectivity index (χ3n) is 1.46. The molecule has 1 N–H and O–H groups in total. The van der Waals surface area contributed by atoms with Crippen LogP contribution in [0.2, 0.25) is 0 Å². The molecule has 0 saturated carbocycles. The molecule has 0 spiro atoms. The van der Waals surface area contributed by atoms with Crippen molar-refractivity contribution in [2.24, 2.45) is 5.16 Å². The van der Waals surface area contributed by atoms with E-state index < -0.39 is 11.7 Å². The average Bonchev–Trinajstić information content (AvgIpc) is 2.04. The zero-order valence-electron chi connectivity index (χ0n) is 7.42. The van der Waals surface area contributed by atoms with Gasteiger partial charge in [0.25, 0.3) is 0 Å². The summed E-state index contributed by atoms with van der Waals surface area (Å²) < 4.78 is 36.7. The molecule has 0 amide bonds. The molecule has 1 aromatic carbocycles. The molecule has 0 heterocycles. The predicted octanol–water partition coefficient (Wildman–Crippen LogP) is -0.483. The fourth-order valence-corrected chi connectivity index (χ4v) is 0.930. The van der Waals surface area contributed by atoms with Gasteiger partial charge in [-0.25, -0.2) is 0 Å². The molecule has 0 unspecified atom stereocenters. The maximum absolute atomic E-state index is 12.2. The van der Waals surface area contributed by atoms with E-state index in [1.165, 1.54) is 18.2 Å². The smallest absolute Gasteiger partial charge is 0.411 e. The van der Waals surface area contributed by atoms with Crippen molar-refractivity contribution in [3.63, 3.8) is 0 Å². The van der Waals surface area contributed by atoms with Crippen molar-refractivity contribution in [2.75, 3.05) is 0 Å². The van der Waals surface area contributed by atoms with Gasteiger partial charge in [-0.2, -0.15) is 13.2 Å². The van der Waals surface area contributed by atoms with Gasteiger partial charge in [0.15, 0.2) is 0 Å². The summed E-state index contributed by atoms with van der Waals surface area (Å²) in [5.41, 5.74) is -0.967. The summed E-state index contributed by atoms with van der Waals surface area (Å²) in [6.45, 7) is 0. The van der Waals surface area contributed by atoms with Crippen LogP contribution in [-0.2, 0) is 6.18 Å². The van der Waals surface area contributed by atoms with Crippen LogP contribution in [0, 0.1) is 0 Å². The fourth-order valence-electron chi connectivity index (χ4n) is 0.930. The number of alkyl halides is 3. The molecule has 6 heteroatoms. The van der Waals surface area contributed by atoms with Crippen LogP contribution < -0.4 is 29.6 Å². The van der Waals surface area contributed by atoms with Crippen LogP contribution in [0.5, 0.6) is 0 Å². The Morgan fingerprint density at radius 3 is 2.29 bits per heavy atom. The number of oxime groups is 1. The van der Waals surface area contributed by atoms with Crippen molar-refractivity contribution in [2.45, 2.75) is 6.18 Å². The Balaban J connectivity index is 0.00000169. The normalized spacial score (nSPS) is 11.4. The summed E-state index contributed by atoms with van der Waals surface area (Å²) in [5, 5.41) is 10.7. The molecule has 0 fully saturated rings. The summed E-state index contributed by atoms with van der Waals surface area (Å²) in [4.78, 5) is 0. The maximum Gasteiger partial charge on any atom is 1.00 e. The first-order valence-electron chi connectivity index (χ1n) is 3.39. The average molecular weight is 212 g/mol. The van der Waals surface area contributed by atoms with E-state index in [0.29, 0.717) is 0 Å². The Morgan fingerprint density at radius 2 is 1.79 bits per heavy atom. The fraction of sp³-hybridized carbons (Fsp3) is 0.125. The molecule has 0 radical (unpaired) electrons. The van der Waals surface area contributed by atoms with Crippen molar-refractivity contribution in [3.05, 3.63) is 35.4 Å². The molecule has 0 bridgehead atoms. The molecule has 0 aliphatic heterocycles. The maximum atomic E-state index is 12.2. The van der Waals surface area contributed by atoms with Crippen LogP contribution >= 0.6 is 0 Å². The van der Waals surface area contributed by atoms with Gasteiger partial charge in [0.2, 0.25) is 0 Å². The Kier molecular flexibility index (Phi) is 5.18. The van der Waals surface area contributed by atoms with E-state index >= 15 is 0 Å². The minimum Gasteiger partial charge on any atom is -0.411 e. The summed E-state index contributed by atoms with van der Waals surface area (Å²) in [5.74, 6) is 0. The van der Waals surface area contributed by atoms with Crippen LogP contribution in [0.4, 0.5) is 13.2 Å². The second-order valence-corrected chi connectivity index (χ2v) is 2.33. The largest absolute Gasteiger partial charge is 1.00 e. The molecule has 2 nitrogen and oxygen atoms in total. The molecule has 14 heavy (non-hydrogen) atoms. The molecule has 0 saturated heterocycles. The van der Waals surface area contributed by atoms with Crippen molar-refractivity contribution in [3.8, 4) is 0 Å². The van der Waals surface area contributed by atoms with Gasteiger partial charge in [0.05, 0.1) is 11.8 Å². The van der Waals surface area contributed by atoms with Gasteiger partial charge in [-0.1, -0.05) is 23.4 Å². The first-order valence-corrected chi connectivity index (χ1v) is 3.39. The quantitative estimate of drug-likeness (QED) is 0.290. The summed E-state index contributed by atoms with van der Waals surface area (Å²) in [6.07, 6.45) is -3.67. The van der Waals surface area contributed by atoms with Gasteiger partial charge in [0.1, 0.15) is 0 Å². The number of hydrogen-bond donors (Lipinski definition) is 1. The second kappa shape index (κ2) is 5.38. The van der Waals surface area contributed by atoms with Gasteiger partial charge < -0.3 is 5.21 Å². The standard InChI is InChI=1S/C8H6F3NO.Na/c9-8(10,11)7-4-2-1-3-6(7)5-12-13;/h1-5,13H;/q;+1/b12-5+;. The molecule has 70 valence electrons. The third-order valence-corrected chi connectivity index (χ3v) is 1.46. The Hall–Kier alpha value is -0.520. The number of rotatable bonds is 1. The molecule has 0 aliphatic rings. The number of nitrogens with zero attached hydrogens (tertiary/aromatic N) is 1. The Labute approximate surface area is 101 Å². The SMILES string of the molecule is O/N=C/c1ccccc1C(F)(F)F.[Na+]. The first kappa shape index (κ1) is 13.5. The first-order chi connectivity index (χ1) is 6.05. The Morgan fingerprint density at radius 1 is 1.21 bits per heavy atom. The van der Waals surface area contributed by atoms with Gasteiger partial charge >= 0.3 is 35.7 Å². The molecule has 0 atom stereocenters. The minimum atomic E-state index is -4.42. The van der Waals surface area contributed by atoms with E-state index in [4.69, 9.17) is 5.21 Å². The van der Waals surface area contributed by atoms with E-state index in [1.807, 2.05) is 0 Å². The van der Waals surface area contributed by atoms with Crippen LogP contribution in [-0.4, -0.2) is 11.4 Å². The Bertz CT molecular complexity index is 325. The van der Waals surface area contributed by atoms with E-state index in [9.17, 15) is 13.2 Å². The predicted molar refractivity (Wildman–Crippen MR) is 40.8 cm³/mol. The molecular formula is C8H6F3NNaO+. The van der Waals surface area contributed by atoms with Crippen LogP contribution in [0.15, 0.2) is 29.4 Å². The molecular weight excluding hydrogens is 206 g/mol. The van der Waals surface area contributed by atoms with Gasteiger partial charge in [-0.05, 0) is 6.07 Å². The molecule has 0 aromatic heterocycles. The zero-order valence-corrected chi connectivity index (χ0v) is 9.42. The monoisotopic (exact) mass is 212 g/mol. The third kappa shape index (κ3) is 3.32. The van der Waals surface area contributed by atoms with Crippen LogP contribution in [0.3, 0.4) is 0 Å². The number of benzene rings is 1.